The summed E-state index contributed by atoms with van der Waals surface area (Å²) in [5.74, 6) is -1.24. The molecule has 1 heterocycles. The van der Waals surface area contributed by atoms with Crippen molar-refractivity contribution in [2.75, 3.05) is 57.3 Å². The summed E-state index contributed by atoms with van der Waals surface area (Å²) in [4.78, 5) is 15.7. The van der Waals surface area contributed by atoms with Gasteiger partial charge in [0.2, 0.25) is 5.91 Å². The topological polar surface area (TPSA) is 52.8 Å². The average molecular weight is 270 g/mol. The lowest BCUT2D eigenvalue weighted by atomic mass is 10.2. The van der Waals surface area contributed by atoms with Crippen molar-refractivity contribution in [1.82, 2.24) is 9.80 Å². The third-order valence-electron chi connectivity index (χ3n) is 2.89. The first-order valence-electron chi connectivity index (χ1n) is 9.95. The van der Waals surface area contributed by atoms with Gasteiger partial charge in [0.15, 0.2) is 0 Å². The molecule has 0 unspecified atom stereocenters. The van der Waals surface area contributed by atoms with Gasteiger partial charge in [0.25, 0.3) is 0 Å². The largest absolute Gasteiger partial charge is 0.399 e. The molecule has 1 aromatic carbocycles. The molecule has 0 radical (unpaired) electrons. The predicted molar refractivity (Wildman–Crippen MR) is 78.2 cm³/mol. The number of carbonyl (C=O) groups is 1. The maximum absolute atomic E-state index is 12.9. The average Bonchev–Trinajstić information content (AvgIpc) is 2.55. The molecule has 1 aromatic rings. The number of nitrogens with two attached hydrogens (primary N) is 1. The van der Waals surface area contributed by atoms with Crippen molar-refractivity contribution in [2.45, 2.75) is 0 Å². The van der Waals surface area contributed by atoms with Crippen LogP contribution < -0.4 is 10.6 Å². The Labute approximate surface area is 125 Å². The molecular formula is C14H22N4O. The number of piperazine rings is 1. The van der Waals surface area contributed by atoms with Gasteiger partial charge >= 0.3 is 0 Å². The summed E-state index contributed by atoms with van der Waals surface area (Å²) in [6, 6.07) is 5.52. The van der Waals surface area contributed by atoms with Gasteiger partial charge in [-0.15, -0.1) is 0 Å². The lowest BCUT2D eigenvalue weighted by molar-refractivity contribution is -0.119. The van der Waals surface area contributed by atoms with Crippen LogP contribution in [0.15, 0.2) is 24.3 Å². The summed E-state index contributed by atoms with van der Waals surface area (Å²) in [7, 11) is 0. The molecule has 5 heteroatoms. The molecular weight excluding hydrogens is 240 g/mol. The molecule has 2 rings (SSSR count). The van der Waals surface area contributed by atoms with E-state index in [0.717, 1.165) is 4.90 Å². The van der Waals surface area contributed by atoms with Crippen molar-refractivity contribution in [3.05, 3.63) is 24.3 Å². The number of hydrogen-bond acceptors (Lipinski definition) is 4. The van der Waals surface area contributed by atoms with Gasteiger partial charge in [-0.05, 0) is 31.2 Å². The van der Waals surface area contributed by atoms with E-state index in [1.54, 1.807) is 0 Å². The number of anilines is 2. The van der Waals surface area contributed by atoms with Gasteiger partial charge in [0.1, 0.15) is 0 Å². The fraction of sp³-hybridized carbons (Fsp3) is 0.500. The fourth-order valence-electron chi connectivity index (χ4n) is 1.74. The molecule has 2 N–H and O–H groups in total. The van der Waals surface area contributed by atoms with Crippen LogP contribution in [0.25, 0.3) is 0 Å². The Kier molecular flexibility index (Phi) is 2.14. The molecule has 1 aliphatic heterocycles. The molecule has 1 fully saturated rings. The number of carbonyl (C=O) groups excluding carboxylic acids is 1. The van der Waals surface area contributed by atoms with Crippen LogP contribution in [0.1, 0.15) is 11.0 Å². The Morgan fingerprint density at radius 2 is 2.05 bits per heavy atom. The number of likely N-dealkylation sites (N-methyl/N-ethyl adjacent to an activating group) is 2. The Bertz CT molecular complexity index is 665. The first kappa shape index (κ1) is 6.72. The van der Waals surface area contributed by atoms with Gasteiger partial charge in [0, 0.05) is 52.8 Å². The molecule has 0 saturated carbocycles. The van der Waals surface area contributed by atoms with Gasteiger partial charge < -0.3 is 15.5 Å². The van der Waals surface area contributed by atoms with Crippen LogP contribution in [0.2, 0.25) is 0 Å². The minimum atomic E-state index is -2.90. The second-order valence-electron chi connectivity index (χ2n) is 4.32. The molecule has 1 saturated heterocycles. The molecule has 104 valence electrons. The lowest BCUT2D eigenvalue weighted by Gasteiger charge is -2.32. The van der Waals surface area contributed by atoms with Crippen molar-refractivity contribution in [2.24, 2.45) is 0 Å². The monoisotopic (exact) mass is 270 g/mol. The predicted octanol–water partition coefficient (Wildman–Crippen LogP) is 0.479. The van der Waals surface area contributed by atoms with Gasteiger partial charge in [-0.2, -0.15) is 0 Å². The van der Waals surface area contributed by atoms with Gasteiger partial charge in [-0.25, -0.2) is 0 Å². The van der Waals surface area contributed by atoms with E-state index in [1.807, 2.05) is 0 Å². The second kappa shape index (κ2) is 6.04. The van der Waals surface area contributed by atoms with Crippen molar-refractivity contribution in [1.29, 1.82) is 0 Å². The van der Waals surface area contributed by atoms with Crippen LogP contribution in [-0.4, -0.2) is 62.3 Å². The zero-order valence-electron chi connectivity index (χ0n) is 18.5. The smallest absolute Gasteiger partial charge is 0.240 e. The van der Waals surface area contributed by atoms with E-state index in [0.29, 0.717) is 10.6 Å². The maximum atomic E-state index is 12.9. The maximum Gasteiger partial charge on any atom is 0.240 e. The van der Waals surface area contributed by atoms with Crippen LogP contribution in [0.4, 0.5) is 11.4 Å². The van der Waals surface area contributed by atoms with Gasteiger partial charge in [0.05, 0.1) is 9.24 Å². The molecule has 5 nitrogen and oxygen atoms in total. The standard InChI is InChI=1S/C14H22N4O/c1-16-7-9-18(10-8-16)11-14(19)17(2)13-5-3-12(15)4-6-13/h3-6H,7-11,15H2,1-2H3/i1D3,2D3,11D2. The molecule has 19 heavy (non-hydrogen) atoms. The molecule has 0 atom stereocenters. The Morgan fingerprint density at radius 3 is 2.63 bits per heavy atom. The SMILES string of the molecule is [2H]C([2H])([2H])N1CCN(C([2H])([2H])C(=O)N(c2ccc(N)cc2)C([2H])([2H])[2H])CC1. The third kappa shape index (κ3) is 3.68. The number of benzene rings is 1. The Hall–Kier alpha value is -1.59. The highest BCUT2D eigenvalue weighted by Gasteiger charge is 2.19. The summed E-state index contributed by atoms with van der Waals surface area (Å²) in [6.07, 6.45) is 0. The minimum absolute atomic E-state index is 0.000738. The first-order chi connectivity index (χ1) is 12.2. The van der Waals surface area contributed by atoms with E-state index in [1.165, 1.54) is 29.2 Å². The summed E-state index contributed by atoms with van der Waals surface area (Å²) in [5, 5.41) is 0. The summed E-state index contributed by atoms with van der Waals surface area (Å²) < 4.78 is 61.6. The third-order valence-corrected chi connectivity index (χ3v) is 2.89. The Morgan fingerprint density at radius 1 is 1.37 bits per heavy atom. The van der Waals surface area contributed by atoms with Crippen molar-refractivity contribution in [3.63, 3.8) is 0 Å². The van der Waals surface area contributed by atoms with Crippen LogP contribution in [-0.2, 0) is 4.79 Å². The van der Waals surface area contributed by atoms with Gasteiger partial charge in [-0.3, -0.25) is 9.69 Å². The van der Waals surface area contributed by atoms with E-state index in [-0.39, 0.29) is 31.9 Å². The number of rotatable bonds is 3. The van der Waals surface area contributed by atoms with E-state index in [4.69, 9.17) is 16.7 Å². The minimum Gasteiger partial charge on any atom is -0.399 e. The van der Waals surface area contributed by atoms with Crippen molar-refractivity contribution in [3.8, 4) is 0 Å². The molecule has 0 aliphatic carbocycles. The summed E-state index contributed by atoms with van der Waals surface area (Å²) in [6.45, 7) is -7.77. The highest BCUT2D eigenvalue weighted by molar-refractivity contribution is 5.94. The molecule has 0 bridgehead atoms. The van der Waals surface area contributed by atoms with Crippen LogP contribution >= 0.6 is 0 Å². The number of nitrogens with zero attached hydrogens (tertiary/aromatic N) is 3. The number of nitrogen functional groups attached to an aromatic ring is 1. The van der Waals surface area contributed by atoms with E-state index in [9.17, 15) is 4.79 Å². The fourth-order valence-corrected chi connectivity index (χ4v) is 1.74. The molecule has 1 amide bonds. The Balaban J connectivity index is 2.25. The number of amides is 1. The zero-order valence-corrected chi connectivity index (χ0v) is 10.5. The van der Waals surface area contributed by atoms with E-state index in [2.05, 4.69) is 0 Å². The zero-order chi connectivity index (χ0) is 20.6. The van der Waals surface area contributed by atoms with Crippen LogP contribution in [0.3, 0.4) is 0 Å². The van der Waals surface area contributed by atoms with E-state index < -0.39 is 26.4 Å². The van der Waals surface area contributed by atoms with Gasteiger partial charge in [-0.1, -0.05) is 0 Å². The quantitative estimate of drug-likeness (QED) is 0.812. The summed E-state index contributed by atoms with van der Waals surface area (Å²) >= 11 is 0. The summed E-state index contributed by atoms with van der Waals surface area (Å²) in [5.41, 5.74) is 5.96. The first-order valence-corrected chi connectivity index (χ1v) is 5.95. The second-order valence-corrected chi connectivity index (χ2v) is 4.32. The van der Waals surface area contributed by atoms with Crippen LogP contribution in [0, 0.1) is 0 Å². The van der Waals surface area contributed by atoms with Crippen LogP contribution in [0.5, 0.6) is 0 Å². The normalized spacial score (nSPS) is 25.7. The molecule has 0 spiro atoms. The van der Waals surface area contributed by atoms with Crippen molar-refractivity contribution < 1.29 is 15.8 Å². The highest BCUT2D eigenvalue weighted by Crippen LogP contribution is 2.15. The van der Waals surface area contributed by atoms with E-state index >= 15 is 0 Å². The van der Waals surface area contributed by atoms with Crippen molar-refractivity contribution >= 4 is 17.3 Å². The lowest BCUT2D eigenvalue weighted by Crippen LogP contribution is -2.48. The number of hydrogen-bond donors (Lipinski definition) is 1. The molecule has 0 aromatic heterocycles. The molecule has 1 aliphatic rings. The highest BCUT2D eigenvalue weighted by atomic mass is 16.2.